The summed E-state index contributed by atoms with van der Waals surface area (Å²) >= 11 is 3.48. The van der Waals surface area contributed by atoms with Crippen LogP contribution in [0.4, 0.5) is 5.69 Å². The number of benzene rings is 2. The van der Waals surface area contributed by atoms with Gasteiger partial charge in [0.15, 0.2) is 5.96 Å². The second-order valence-corrected chi connectivity index (χ2v) is 6.49. The summed E-state index contributed by atoms with van der Waals surface area (Å²) in [6.45, 7) is 0.520. The minimum atomic E-state index is 0.426. The Bertz CT molecular complexity index is 743. The monoisotopic (exact) mass is 373 g/mol. The van der Waals surface area contributed by atoms with Crippen LogP contribution in [0.1, 0.15) is 23.1 Å². The molecule has 2 aromatic carbocycles. The lowest BCUT2D eigenvalue weighted by Crippen LogP contribution is -2.22. The first kappa shape index (κ1) is 15.9. The van der Waals surface area contributed by atoms with Crippen molar-refractivity contribution >= 4 is 27.6 Å². The molecule has 0 aromatic heterocycles. The van der Waals surface area contributed by atoms with Crippen LogP contribution in [0, 0.1) is 0 Å². The van der Waals surface area contributed by atoms with E-state index in [2.05, 4.69) is 44.4 Å². The Morgan fingerprint density at radius 2 is 2.04 bits per heavy atom. The molecule has 0 saturated carbocycles. The molecule has 4 nitrogen and oxygen atoms in total. The van der Waals surface area contributed by atoms with Crippen LogP contribution < -0.4 is 15.8 Å². The normalized spacial score (nSPS) is 13.7. The Balaban J connectivity index is 1.65. The third-order valence-corrected chi connectivity index (χ3v) is 4.64. The summed E-state index contributed by atoms with van der Waals surface area (Å²) in [6.07, 6.45) is 3.59. The van der Waals surface area contributed by atoms with Crippen LogP contribution in [0.2, 0.25) is 0 Å². The molecule has 0 amide bonds. The van der Waals surface area contributed by atoms with E-state index in [-0.39, 0.29) is 0 Å². The third-order valence-electron chi connectivity index (χ3n) is 4.02. The van der Waals surface area contributed by atoms with Gasteiger partial charge < -0.3 is 15.8 Å². The van der Waals surface area contributed by atoms with E-state index in [4.69, 9.17) is 10.5 Å². The average molecular weight is 374 g/mol. The first-order chi connectivity index (χ1) is 11.2. The maximum atomic E-state index is 6.00. The summed E-state index contributed by atoms with van der Waals surface area (Å²) < 4.78 is 6.14. The van der Waals surface area contributed by atoms with Gasteiger partial charge in [0, 0.05) is 5.69 Å². The molecule has 5 heteroatoms. The fourth-order valence-electron chi connectivity index (χ4n) is 2.82. The number of fused-ring (bicyclic) bond motifs is 1. The number of nitrogens with two attached hydrogens (primary N) is 1. The van der Waals surface area contributed by atoms with Crippen LogP contribution in [-0.2, 0) is 19.4 Å². The maximum absolute atomic E-state index is 6.00. The van der Waals surface area contributed by atoms with E-state index in [1.54, 1.807) is 7.11 Å². The predicted octanol–water partition coefficient (Wildman–Crippen LogP) is 3.87. The van der Waals surface area contributed by atoms with E-state index >= 15 is 0 Å². The van der Waals surface area contributed by atoms with Crippen molar-refractivity contribution in [2.24, 2.45) is 10.7 Å². The number of nitrogens with zero attached hydrogens (tertiary/aromatic N) is 1. The van der Waals surface area contributed by atoms with E-state index < -0.39 is 0 Å². The zero-order chi connectivity index (χ0) is 16.2. The highest BCUT2D eigenvalue weighted by atomic mass is 79.9. The van der Waals surface area contributed by atoms with Crippen LogP contribution in [0.25, 0.3) is 0 Å². The molecule has 0 saturated heterocycles. The van der Waals surface area contributed by atoms with Crippen molar-refractivity contribution < 1.29 is 4.74 Å². The van der Waals surface area contributed by atoms with Gasteiger partial charge >= 0.3 is 0 Å². The summed E-state index contributed by atoms with van der Waals surface area (Å²) in [6, 6.07) is 12.3. The number of aryl methyl sites for hydroxylation is 2. The van der Waals surface area contributed by atoms with Crippen molar-refractivity contribution in [2.75, 3.05) is 12.4 Å². The van der Waals surface area contributed by atoms with E-state index in [9.17, 15) is 0 Å². The summed E-state index contributed by atoms with van der Waals surface area (Å²) in [5, 5.41) is 3.17. The first-order valence-electron chi connectivity index (χ1n) is 7.67. The second-order valence-electron chi connectivity index (χ2n) is 5.63. The highest BCUT2D eigenvalue weighted by molar-refractivity contribution is 9.10. The number of aliphatic imine (C=N–C) groups is 1. The molecule has 0 bridgehead atoms. The van der Waals surface area contributed by atoms with Gasteiger partial charge in [0.05, 0.1) is 18.1 Å². The number of nitrogens with one attached hydrogen (secondary N) is 1. The molecule has 2 aromatic rings. The topological polar surface area (TPSA) is 59.6 Å². The van der Waals surface area contributed by atoms with Gasteiger partial charge in [0.1, 0.15) is 5.75 Å². The lowest BCUT2D eigenvalue weighted by Gasteiger charge is -2.08. The van der Waals surface area contributed by atoms with Gasteiger partial charge in [-0.1, -0.05) is 12.1 Å². The van der Waals surface area contributed by atoms with Gasteiger partial charge in [-0.3, -0.25) is 0 Å². The molecule has 0 atom stereocenters. The summed E-state index contributed by atoms with van der Waals surface area (Å²) in [5.74, 6) is 1.23. The van der Waals surface area contributed by atoms with Crippen molar-refractivity contribution in [1.82, 2.24) is 0 Å². The molecule has 0 radical (unpaired) electrons. The fourth-order valence-corrected chi connectivity index (χ4v) is 3.41. The molecule has 0 unspecified atom stereocenters. The fraction of sp³-hybridized carbons (Fsp3) is 0.278. The Labute approximate surface area is 144 Å². The van der Waals surface area contributed by atoms with Crippen LogP contribution in [0.3, 0.4) is 0 Å². The highest BCUT2D eigenvalue weighted by Crippen LogP contribution is 2.26. The number of hydrogen-bond donors (Lipinski definition) is 2. The van der Waals surface area contributed by atoms with E-state index in [0.29, 0.717) is 12.5 Å². The van der Waals surface area contributed by atoms with E-state index in [1.165, 1.54) is 24.0 Å². The Hall–Kier alpha value is -2.01. The molecule has 0 aliphatic heterocycles. The van der Waals surface area contributed by atoms with Gasteiger partial charge in [-0.15, -0.1) is 0 Å². The highest BCUT2D eigenvalue weighted by Gasteiger charge is 2.10. The van der Waals surface area contributed by atoms with Gasteiger partial charge in [0.2, 0.25) is 0 Å². The minimum Gasteiger partial charge on any atom is -0.496 e. The lowest BCUT2D eigenvalue weighted by atomic mass is 10.1. The molecule has 1 aliphatic carbocycles. The third kappa shape index (κ3) is 3.85. The number of guanidine groups is 1. The van der Waals surface area contributed by atoms with Crippen LogP contribution in [-0.4, -0.2) is 13.1 Å². The Morgan fingerprint density at radius 1 is 1.22 bits per heavy atom. The van der Waals surface area contributed by atoms with Gasteiger partial charge in [0.25, 0.3) is 0 Å². The molecule has 3 rings (SSSR count). The smallest absolute Gasteiger partial charge is 0.193 e. The van der Waals surface area contributed by atoms with Gasteiger partial charge in [-0.2, -0.15) is 0 Å². The van der Waals surface area contributed by atoms with E-state index in [0.717, 1.165) is 27.9 Å². The number of methoxy groups -OCH3 is 1. The maximum Gasteiger partial charge on any atom is 0.193 e. The minimum absolute atomic E-state index is 0.426. The van der Waals surface area contributed by atoms with Crippen LogP contribution >= 0.6 is 15.9 Å². The average Bonchev–Trinajstić information content (AvgIpc) is 3.01. The molecular weight excluding hydrogens is 354 g/mol. The van der Waals surface area contributed by atoms with Crippen molar-refractivity contribution in [3.8, 4) is 5.75 Å². The molecule has 0 spiro atoms. The SMILES string of the molecule is COc1ccc(CN=C(N)Nc2ccc3c(c2)CCC3)cc1Br. The lowest BCUT2D eigenvalue weighted by molar-refractivity contribution is 0.412. The first-order valence-corrected chi connectivity index (χ1v) is 8.46. The molecule has 0 heterocycles. The Morgan fingerprint density at radius 3 is 2.83 bits per heavy atom. The van der Waals surface area contributed by atoms with E-state index in [1.807, 2.05) is 18.2 Å². The zero-order valence-electron chi connectivity index (χ0n) is 13.1. The largest absolute Gasteiger partial charge is 0.496 e. The number of ether oxygens (including phenoxy) is 1. The summed E-state index contributed by atoms with van der Waals surface area (Å²) in [7, 11) is 1.65. The summed E-state index contributed by atoms with van der Waals surface area (Å²) in [4.78, 5) is 4.40. The summed E-state index contributed by atoms with van der Waals surface area (Å²) in [5.41, 5.74) is 10.9. The van der Waals surface area contributed by atoms with Crippen molar-refractivity contribution in [1.29, 1.82) is 0 Å². The molecule has 23 heavy (non-hydrogen) atoms. The molecule has 0 fully saturated rings. The number of rotatable bonds is 4. The van der Waals surface area contributed by atoms with Crippen molar-refractivity contribution in [3.63, 3.8) is 0 Å². The molecule has 120 valence electrons. The number of anilines is 1. The quantitative estimate of drug-likeness (QED) is 0.631. The molecular formula is C18H20BrN3O. The van der Waals surface area contributed by atoms with Crippen LogP contribution in [0.5, 0.6) is 5.75 Å². The number of halogens is 1. The second kappa shape index (κ2) is 7.04. The zero-order valence-corrected chi connectivity index (χ0v) is 14.7. The van der Waals surface area contributed by atoms with Gasteiger partial charge in [-0.05, 0) is 76.1 Å². The number of hydrogen-bond acceptors (Lipinski definition) is 2. The molecule has 3 N–H and O–H groups in total. The van der Waals surface area contributed by atoms with Crippen LogP contribution in [0.15, 0.2) is 45.9 Å². The Kier molecular flexibility index (Phi) is 4.86. The van der Waals surface area contributed by atoms with Gasteiger partial charge in [-0.25, -0.2) is 4.99 Å². The van der Waals surface area contributed by atoms with Crippen molar-refractivity contribution in [3.05, 3.63) is 57.6 Å². The van der Waals surface area contributed by atoms with Crippen molar-refractivity contribution in [2.45, 2.75) is 25.8 Å². The molecule has 1 aliphatic rings. The predicted molar refractivity (Wildman–Crippen MR) is 98.1 cm³/mol. The standard InChI is InChI=1S/C18H20BrN3O/c1-23-17-8-5-12(9-16(17)19)11-21-18(20)22-15-7-6-13-3-2-4-14(13)10-15/h5-10H,2-4,11H2,1H3,(H3,20,21,22).